The van der Waals surface area contributed by atoms with Gasteiger partial charge in [-0.25, -0.2) is 0 Å². The number of hydrogen-bond acceptors (Lipinski definition) is 4. The van der Waals surface area contributed by atoms with Crippen molar-refractivity contribution in [2.24, 2.45) is 0 Å². The molecule has 0 N–H and O–H groups in total. The van der Waals surface area contributed by atoms with Crippen molar-refractivity contribution >= 4 is 17.5 Å². The van der Waals surface area contributed by atoms with Crippen LogP contribution in [0.15, 0.2) is 78.6 Å². The van der Waals surface area contributed by atoms with Crippen molar-refractivity contribution in [2.75, 3.05) is 24.7 Å². The van der Waals surface area contributed by atoms with Crippen LogP contribution in [0.4, 0.5) is 11.4 Å². The number of allylic oxidation sites excluding steroid dienone is 1. The summed E-state index contributed by atoms with van der Waals surface area (Å²) in [4.78, 5) is 2.25. The molecule has 1 heterocycles. The maximum atomic E-state index is 6.04. The van der Waals surface area contributed by atoms with Crippen molar-refractivity contribution in [1.82, 2.24) is 0 Å². The molecule has 0 amide bonds. The molecule has 0 fully saturated rings. The lowest BCUT2D eigenvalue weighted by Crippen LogP contribution is -2.26. The van der Waals surface area contributed by atoms with E-state index in [4.69, 9.17) is 14.2 Å². The largest absolute Gasteiger partial charge is 0.499 e. The van der Waals surface area contributed by atoms with Crippen molar-refractivity contribution in [3.8, 4) is 17.2 Å². The van der Waals surface area contributed by atoms with E-state index in [1.165, 1.54) is 0 Å². The molecule has 29 heavy (non-hydrogen) atoms. The van der Waals surface area contributed by atoms with Gasteiger partial charge in [-0.3, -0.25) is 0 Å². The maximum Gasteiger partial charge on any atom is 0.151 e. The van der Waals surface area contributed by atoms with E-state index in [2.05, 4.69) is 17.0 Å². The van der Waals surface area contributed by atoms with Crippen LogP contribution in [0.2, 0.25) is 0 Å². The van der Waals surface area contributed by atoms with E-state index in [1.807, 2.05) is 80.6 Å². The molecule has 0 atom stereocenters. The Morgan fingerprint density at radius 1 is 0.897 bits per heavy atom. The predicted molar refractivity (Wildman–Crippen MR) is 117 cm³/mol. The van der Waals surface area contributed by atoms with Gasteiger partial charge in [0.05, 0.1) is 30.3 Å². The molecule has 0 saturated carbocycles. The molecule has 4 nitrogen and oxygen atoms in total. The molecular weight excluding hydrogens is 362 g/mol. The van der Waals surface area contributed by atoms with E-state index in [9.17, 15) is 0 Å². The lowest BCUT2D eigenvalue weighted by atomic mass is 10.1. The minimum absolute atomic E-state index is 0.565. The van der Waals surface area contributed by atoms with E-state index < -0.39 is 0 Å². The molecule has 0 spiro atoms. The second-order valence-corrected chi connectivity index (χ2v) is 6.79. The Kier molecular flexibility index (Phi) is 5.71. The zero-order chi connectivity index (χ0) is 20.1. The summed E-state index contributed by atoms with van der Waals surface area (Å²) in [6.07, 6.45) is 2.02. The number of nitrogens with zero attached hydrogens (tertiary/aromatic N) is 1. The van der Waals surface area contributed by atoms with Crippen molar-refractivity contribution in [3.63, 3.8) is 0 Å². The number of anilines is 2. The molecule has 148 valence electrons. The van der Waals surface area contributed by atoms with Gasteiger partial charge in [0.1, 0.15) is 12.4 Å². The first-order valence-electron chi connectivity index (χ1n) is 9.92. The molecule has 4 heteroatoms. The minimum Gasteiger partial charge on any atom is -0.499 e. The summed E-state index contributed by atoms with van der Waals surface area (Å²) in [6, 6.07) is 24.2. The van der Waals surface area contributed by atoms with Gasteiger partial charge < -0.3 is 19.1 Å². The van der Waals surface area contributed by atoms with Gasteiger partial charge in [-0.15, -0.1) is 0 Å². The van der Waals surface area contributed by atoms with Crippen LogP contribution in [-0.2, 0) is 4.74 Å². The fraction of sp³-hybridized carbons (Fsp3) is 0.200. The highest BCUT2D eigenvalue weighted by atomic mass is 16.5. The van der Waals surface area contributed by atoms with Crippen LogP contribution < -0.4 is 14.4 Å². The molecule has 0 bridgehead atoms. The van der Waals surface area contributed by atoms with E-state index >= 15 is 0 Å². The molecule has 0 aliphatic carbocycles. The molecule has 0 unspecified atom stereocenters. The molecule has 1 aliphatic rings. The normalized spacial score (nSPS) is 12.6. The van der Waals surface area contributed by atoms with Gasteiger partial charge in [0, 0.05) is 0 Å². The van der Waals surface area contributed by atoms with E-state index in [1.54, 1.807) is 0 Å². The standard InChI is InChI=1S/C25H25NO3/c1-3-27-19(2)18-20-12-14-21(15-13-20)28-17-16-26-22-8-4-6-10-24(22)29-25-11-7-5-9-23(25)26/h4-15,18H,3,16-17H2,1-2H3/b19-18-. The molecule has 3 aromatic carbocycles. The number of hydrogen-bond donors (Lipinski definition) is 0. The van der Waals surface area contributed by atoms with Gasteiger partial charge >= 0.3 is 0 Å². The average Bonchev–Trinajstić information content (AvgIpc) is 2.74. The van der Waals surface area contributed by atoms with E-state index in [-0.39, 0.29) is 0 Å². The van der Waals surface area contributed by atoms with Crippen molar-refractivity contribution in [2.45, 2.75) is 13.8 Å². The smallest absolute Gasteiger partial charge is 0.151 e. The summed E-state index contributed by atoms with van der Waals surface area (Å²) in [7, 11) is 0. The van der Waals surface area contributed by atoms with Crippen LogP contribution in [0.5, 0.6) is 17.2 Å². The second-order valence-electron chi connectivity index (χ2n) is 6.79. The molecule has 0 aromatic heterocycles. The van der Waals surface area contributed by atoms with Crippen molar-refractivity contribution in [1.29, 1.82) is 0 Å². The number of para-hydroxylation sites is 4. The molecule has 4 rings (SSSR count). The Morgan fingerprint density at radius 2 is 1.52 bits per heavy atom. The average molecular weight is 387 g/mol. The zero-order valence-electron chi connectivity index (χ0n) is 16.8. The Bertz CT molecular complexity index is 949. The lowest BCUT2D eigenvalue weighted by molar-refractivity contribution is 0.235. The molecule has 0 radical (unpaired) electrons. The van der Waals surface area contributed by atoms with E-state index in [0.29, 0.717) is 13.2 Å². The molecular formula is C25H25NO3. The number of rotatable bonds is 7. The predicted octanol–water partition coefficient (Wildman–Crippen LogP) is 6.41. The maximum absolute atomic E-state index is 6.04. The third-order valence-electron chi connectivity index (χ3n) is 4.74. The van der Waals surface area contributed by atoms with Crippen LogP contribution >= 0.6 is 0 Å². The molecule has 1 aliphatic heterocycles. The summed E-state index contributed by atoms with van der Waals surface area (Å²) in [6.45, 7) is 5.92. The Labute approximate surface area is 172 Å². The van der Waals surface area contributed by atoms with Crippen LogP contribution in [0.3, 0.4) is 0 Å². The fourth-order valence-electron chi connectivity index (χ4n) is 3.44. The summed E-state index contributed by atoms with van der Waals surface area (Å²) in [5, 5.41) is 0. The SMILES string of the molecule is CCO/C(C)=C\c1ccc(OCCN2c3ccccc3Oc3ccccc32)cc1. The summed E-state index contributed by atoms with van der Waals surface area (Å²) >= 11 is 0. The van der Waals surface area contributed by atoms with Gasteiger partial charge in [0.2, 0.25) is 0 Å². The highest BCUT2D eigenvalue weighted by Gasteiger charge is 2.23. The first kappa shape index (κ1) is 18.9. The van der Waals surface area contributed by atoms with Crippen molar-refractivity contribution < 1.29 is 14.2 Å². The lowest BCUT2D eigenvalue weighted by Gasteiger charge is -2.32. The van der Waals surface area contributed by atoms with Crippen molar-refractivity contribution in [3.05, 3.63) is 84.1 Å². The first-order valence-corrected chi connectivity index (χ1v) is 9.92. The van der Waals surface area contributed by atoms with Gasteiger partial charge in [-0.1, -0.05) is 36.4 Å². The quantitative estimate of drug-likeness (QED) is 0.439. The second kappa shape index (κ2) is 8.74. The van der Waals surface area contributed by atoms with Crippen LogP contribution in [0.1, 0.15) is 19.4 Å². The first-order chi connectivity index (χ1) is 14.2. The van der Waals surface area contributed by atoms with Gasteiger partial charge in [-0.2, -0.15) is 0 Å². The Hall–Kier alpha value is -3.40. The topological polar surface area (TPSA) is 30.9 Å². The molecule has 0 saturated heterocycles. The Balaban J connectivity index is 1.43. The van der Waals surface area contributed by atoms with Crippen LogP contribution in [0.25, 0.3) is 6.08 Å². The zero-order valence-corrected chi connectivity index (χ0v) is 16.8. The van der Waals surface area contributed by atoms with Gasteiger partial charge in [0.25, 0.3) is 0 Å². The molecule has 3 aromatic rings. The number of ether oxygens (including phenoxy) is 3. The minimum atomic E-state index is 0.565. The van der Waals surface area contributed by atoms with E-state index in [0.717, 1.165) is 46.5 Å². The number of benzene rings is 3. The highest BCUT2D eigenvalue weighted by Crippen LogP contribution is 2.45. The highest BCUT2D eigenvalue weighted by molar-refractivity contribution is 5.77. The third-order valence-corrected chi connectivity index (χ3v) is 4.74. The summed E-state index contributed by atoms with van der Waals surface area (Å²) < 4.78 is 17.5. The summed E-state index contributed by atoms with van der Waals surface area (Å²) in [5.74, 6) is 3.50. The van der Waals surface area contributed by atoms with Crippen LogP contribution in [-0.4, -0.2) is 19.8 Å². The fourth-order valence-corrected chi connectivity index (χ4v) is 3.44. The summed E-state index contributed by atoms with van der Waals surface area (Å²) in [5.41, 5.74) is 3.21. The van der Waals surface area contributed by atoms with Gasteiger partial charge in [0.15, 0.2) is 11.5 Å². The van der Waals surface area contributed by atoms with Gasteiger partial charge in [-0.05, 0) is 61.9 Å². The van der Waals surface area contributed by atoms with Crippen LogP contribution in [0, 0.1) is 0 Å². The monoisotopic (exact) mass is 387 g/mol. The third kappa shape index (κ3) is 4.37. The Morgan fingerprint density at radius 3 is 2.14 bits per heavy atom. The number of fused-ring (bicyclic) bond motifs is 2.